The van der Waals surface area contributed by atoms with Crippen molar-refractivity contribution >= 4 is 11.8 Å². The summed E-state index contributed by atoms with van der Waals surface area (Å²) in [4.78, 5) is 0. The third kappa shape index (κ3) is 2.54. The number of hydrogen-bond donors (Lipinski definition) is 1. The number of hydrogen-bond acceptors (Lipinski definition) is 1. The molecule has 94 valence electrons. The zero-order valence-electron chi connectivity index (χ0n) is 12.0. The van der Waals surface area contributed by atoms with E-state index in [4.69, 9.17) is 0 Å². The Bertz CT molecular complexity index is 408. The van der Waals surface area contributed by atoms with Crippen LogP contribution in [0.3, 0.4) is 0 Å². The molecule has 0 spiro atoms. The van der Waals surface area contributed by atoms with Crippen molar-refractivity contribution in [2.24, 2.45) is 5.41 Å². The summed E-state index contributed by atoms with van der Waals surface area (Å²) < 4.78 is 0. The number of anilines is 1. The fourth-order valence-corrected chi connectivity index (χ4v) is 1.78. The number of rotatable bonds is 3. The Labute approximate surface area is 106 Å². The highest BCUT2D eigenvalue weighted by Gasteiger charge is 2.34. The molecule has 0 aromatic heterocycles. The first-order chi connectivity index (χ1) is 7.74. The highest BCUT2D eigenvalue weighted by atomic mass is 14.8. The first kappa shape index (κ1) is 13.8. The van der Waals surface area contributed by atoms with Crippen molar-refractivity contribution in [1.29, 1.82) is 0 Å². The van der Waals surface area contributed by atoms with Crippen molar-refractivity contribution in [3.63, 3.8) is 0 Å². The summed E-state index contributed by atoms with van der Waals surface area (Å²) in [5.41, 5.74) is 4.03. The van der Waals surface area contributed by atoms with Crippen LogP contribution in [0.15, 0.2) is 24.8 Å². The Morgan fingerprint density at radius 3 is 2.12 bits per heavy atom. The van der Waals surface area contributed by atoms with Crippen LogP contribution in [-0.4, -0.2) is 7.05 Å². The maximum absolute atomic E-state index is 3.88. The minimum absolute atomic E-state index is 0.136. The molecule has 0 unspecified atom stereocenters. The summed E-state index contributed by atoms with van der Waals surface area (Å²) in [5.74, 6) is 0. The molecular formula is C16H25N. The smallest absolute Gasteiger partial charge is 0.0411 e. The van der Waals surface area contributed by atoms with E-state index < -0.39 is 0 Å². The highest BCUT2D eigenvalue weighted by Crippen LogP contribution is 2.41. The third-order valence-corrected chi connectivity index (χ3v) is 4.14. The van der Waals surface area contributed by atoms with Gasteiger partial charge in [-0.05, 0) is 34.1 Å². The van der Waals surface area contributed by atoms with Gasteiger partial charge in [-0.1, -0.05) is 53.3 Å². The lowest BCUT2D eigenvalue weighted by Gasteiger charge is -2.39. The second-order valence-corrected chi connectivity index (χ2v) is 6.13. The SMILES string of the molecule is C=Cc1cc(C(C)(C)C(C)(C)C)ccc1NC. The van der Waals surface area contributed by atoms with Gasteiger partial charge in [0, 0.05) is 12.7 Å². The molecule has 17 heavy (non-hydrogen) atoms. The Balaban J connectivity index is 3.30. The van der Waals surface area contributed by atoms with E-state index in [-0.39, 0.29) is 10.8 Å². The van der Waals surface area contributed by atoms with E-state index in [0.29, 0.717) is 0 Å². The van der Waals surface area contributed by atoms with Crippen molar-refractivity contribution in [2.75, 3.05) is 12.4 Å². The molecule has 1 N–H and O–H groups in total. The van der Waals surface area contributed by atoms with Gasteiger partial charge in [0.2, 0.25) is 0 Å². The second-order valence-electron chi connectivity index (χ2n) is 6.13. The third-order valence-electron chi connectivity index (χ3n) is 4.14. The lowest BCUT2D eigenvalue weighted by Crippen LogP contribution is -2.34. The molecule has 0 aliphatic rings. The van der Waals surface area contributed by atoms with Gasteiger partial charge in [-0.15, -0.1) is 0 Å². The topological polar surface area (TPSA) is 12.0 Å². The molecule has 0 amide bonds. The molecule has 0 aliphatic carbocycles. The first-order valence-corrected chi connectivity index (χ1v) is 6.18. The molecule has 1 aromatic rings. The minimum Gasteiger partial charge on any atom is -0.388 e. The van der Waals surface area contributed by atoms with Gasteiger partial charge in [0.05, 0.1) is 0 Å². The Kier molecular flexibility index (Phi) is 3.71. The molecule has 0 heterocycles. The van der Waals surface area contributed by atoms with Gasteiger partial charge >= 0.3 is 0 Å². The standard InChI is InChI=1S/C16H25N/c1-8-12-11-13(9-10-14(12)17-7)16(5,6)15(2,3)4/h8-11,17H,1H2,2-7H3. The quantitative estimate of drug-likeness (QED) is 0.795. The summed E-state index contributed by atoms with van der Waals surface area (Å²) in [6.45, 7) is 15.3. The van der Waals surface area contributed by atoms with Crippen LogP contribution in [-0.2, 0) is 5.41 Å². The summed E-state index contributed by atoms with van der Waals surface area (Å²) in [7, 11) is 1.94. The predicted octanol–water partition coefficient (Wildman–Crippen LogP) is 4.70. The molecule has 0 saturated carbocycles. The van der Waals surface area contributed by atoms with Crippen LogP contribution >= 0.6 is 0 Å². The lowest BCUT2D eigenvalue weighted by molar-refractivity contribution is 0.225. The normalized spacial score (nSPS) is 12.4. The molecule has 0 saturated heterocycles. The Morgan fingerprint density at radius 1 is 1.12 bits per heavy atom. The van der Waals surface area contributed by atoms with Gasteiger partial charge < -0.3 is 5.32 Å². The average molecular weight is 231 g/mol. The van der Waals surface area contributed by atoms with E-state index in [1.54, 1.807) is 0 Å². The summed E-state index contributed by atoms with van der Waals surface area (Å²) in [6.07, 6.45) is 1.91. The van der Waals surface area contributed by atoms with Gasteiger partial charge in [0.1, 0.15) is 0 Å². The van der Waals surface area contributed by atoms with Gasteiger partial charge in [-0.3, -0.25) is 0 Å². The van der Waals surface area contributed by atoms with Crippen LogP contribution in [0.1, 0.15) is 45.7 Å². The van der Waals surface area contributed by atoms with Crippen LogP contribution in [0, 0.1) is 5.41 Å². The molecule has 0 bridgehead atoms. The van der Waals surface area contributed by atoms with Gasteiger partial charge in [-0.25, -0.2) is 0 Å². The zero-order valence-corrected chi connectivity index (χ0v) is 12.0. The van der Waals surface area contributed by atoms with Crippen LogP contribution in [0.2, 0.25) is 0 Å². The van der Waals surface area contributed by atoms with E-state index in [9.17, 15) is 0 Å². The number of benzene rings is 1. The molecule has 1 aromatic carbocycles. The molecular weight excluding hydrogens is 206 g/mol. The van der Waals surface area contributed by atoms with Gasteiger partial charge in [0.15, 0.2) is 0 Å². The largest absolute Gasteiger partial charge is 0.388 e. The molecule has 0 radical (unpaired) electrons. The second kappa shape index (κ2) is 4.56. The predicted molar refractivity (Wildman–Crippen MR) is 78.6 cm³/mol. The summed E-state index contributed by atoms with van der Waals surface area (Å²) in [6, 6.07) is 6.59. The number of nitrogens with one attached hydrogen (secondary N) is 1. The van der Waals surface area contributed by atoms with Gasteiger partial charge in [-0.2, -0.15) is 0 Å². The van der Waals surface area contributed by atoms with E-state index in [2.05, 4.69) is 64.7 Å². The minimum atomic E-state index is 0.136. The molecule has 1 heteroatoms. The molecule has 1 nitrogen and oxygen atoms in total. The maximum Gasteiger partial charge on any atom is 0.0411 e. The van der Waals surface area contributed by atoms with Crippen molar-refractivity contribution in [3.05, 3.63) is 35.9 Å². The van der Waals surface area contributed by atoms with Crippen molar-refractivity contribution in [3.8, 4) is 0 Å². The van der Waals surface area contributed by atoms with Crippen LogP contribution in [0.4, 0.5) is 5.69 Å². The fraction of sp³-hybridized carbons (Fsp3) is 0.500. The first-order valence-electron chi connectivity index (χ1n) is 6.18. The van der Waals surface area contributed by atoms with Gasteiger partial charge in [0.25, 0.3) is 0 Å². The van der Waals surface area contributed by atoms with Crippen molar-refractivity contribution in [2.45, 2.75) is 40.0 Å². The molecule has 0 aliphatic heterocycles. The van der Waals surface area contributed by atoms with Crippen LogP contribution < -0.4 is 5.32 Å². The highest BCUT2D eigenvalue weighted by molar-refractivity contribution is 5.66. The summed E-state index contributed by atoms with van der Waals surface area (Å²) in [5, 5.41) is 3.19. The average Bonchev–Trinajstić information content (AvgIpc) is 2.26. The molecule has 0 atom stereocenters. The fourth-order valence-electron chi connectivity index (χ4n) is 1.78. The van der Waals surface area contributed by atoms with E-state index in [1.165, 1.54) is 11.1 Å². The maximum atomic E-state index is 3.88. The molecule has 0 fully saturated rings. The van der Waals surface area contributed by atoms with E-state index in [0.717, 1.165) is 5.69 Å². The zero-order chi connectivity index (χ0) is 13.3. The Morgan fingerprint density at radius 2 is 1.71 bits per heavy atom. The molecule has 1 rings (SSSR count). The van der Waals surface area contributed by atoms with Crippen LogP contribution in [0.5, 0.6) is 0 Å². The van der Waals surface area contributed by atoms with E-state index >= 15 is 0 Å². The van der Waals surface area contributed by atoms with Crippen molar-refractivity contribution in [1.82, 2.24) is 0 Å². The lowest BCUT2D eigenvalue weighted by atomic mass is 9.65. The monoisotopic (exact) mass is 231 g/mol. The van der Waals surface area contributed by atoms with Crippen molar-refractivity contribution < 1.29 is 0 Å². The summed E-state index contributed by atoms with van der Waals surface area (Å²) >= 11 is 0. The van der Waals surface area contributed by atoms with Crippen LogP contribution in [0.25, 0.3) is 6.08 Å². The Hall–Kier alpha value is -1.24. The van der Waals surface area contributed by atoms with E-state index in [1.807, 2.05) is 13.1 Å².